The highest BCUT2D eigenvalue weighted by Gasteiger charge is 2.12. The highest BCUT2D eigenvalue weighted by molar-refractivity contribution is 7.99. The lowest BCUT2D eigenvalue weighted by molar-refractivity contribution is -0.113. The van der Waals surface area contributed by atoms with Crippen LogP contribution in [-0.2, 0) is 4.79 Å². The van der Waals surface area contributed by atoms with Gasteiger partial charge in [-0.05, 0) is 24.3 Å². The average Bonchev–Trinajstić information content (AvgIpc) is 2.81. The van der Waals surface area contributed by atoms with Gasteiger partial charge < -0.3 is 5.32 Å². The fraction of sp³-hybridized carbons (Fsp3) is 0.0417. The van der Waals surface area contributed by atoms with E-state index >= 15 is 0 Å². The molecule has 31 heavy (non-hydrogen) atoms. The summed E-state index contributed by atoms with van der Waals surface area (Å²) >= 11 is 13.4. The van der Waals surface area contributed by atoms with Crippen LogP contribution >= 0.6 is 35.0 Å². The van der Waals surface area contributed by atoms with Crippen molar-refractivity contribution in [1.29, 1.82) is 0 Å². The summed E-state index contributed by atoms with van der Waals surface area (Å²) < 4.78 is 0. The van der Waals surface area contributed by atoms with E-state index in [4.69, 9.17) is 23.2 Å². The van der Waals surface area contributed by atoms with E-state index in [1.54, 1.807) is 18.2 Å². The zero-order valence-corrected chi connectivity index (χ0v) is 18.6. The van der Waals surface area contributed by atoms with Crippen molar-refractivity contribution < 1.29 is 4.79 Å². The van der Waals surface area contributed by atoms with Crippen LogP contribution in [0.2, 0.25) is 10.0 Å². The second kappa shape index (κ2) is 9.96. The quantitative estimate of drug-likeness (QED) is 0.250. The van der Waals surface area contributed by atoms with Crippen molar-refractivity contribution in [1.82, 2.24) is 9.97 Å². The summed E-state index contributed by atoms with van der Waals surface area (Å²) in [5, 5.41) is 4.23. The summed E-state index contributed by atoms with van der Waals surface area (Å²) in [6, 6.07) is 26.7. The number of anilines is 1. The zero-order valence-electron chi connectivity index (χ0n) is 16.3. The van der Waals surface area contributed by atoms with Gasteiger partial charge in [0.15, 0.2) is 5.16 Å². The molecule has 7 heteroatoms. The predicted octanol–water partition coefficient (Wildman–Crippen LogP) is 6.85. The number of carbonyl (C=O) groups excluding carboxylic acids is 1. The third-order valence-corrected chi connectivity index (χ3v) is 5.79. The summed E-state index contributed by atoms with van der Waals surface area (Å²) in [5.41, 5.74) is 4.05. The molecule has 0 fully saturated rings. The molecule has 4 aromatic rings. The van der Waals surface area contributed by atoms with Gasteiger partial charge >= 0.3 is 0 Å². The molecular formula is C24H17Cl2N3OS. The maximum absolute atomic E-state index is 12.5. The van der Waals surface area contributed by atoms with Crippen LogP contribution in [0.4, 0.5) is 5.69 Å². The van der Waals surface area contributed by atoms with E-state index in [2.05, 4.69) is 15.3 Å². The average molecular weight is 466 g/mol. The number of nitrogens with zero attached hydrogens (tertiary/aromatic N) is 2. The Morgan fingerprint density at radius 1 is 0.806 bits per heavy atom. The van der Waals surface area contributed by atoms with Crippen LogP contribution in [0.5, 0.6) is 0 Å². The Labute approximate surface area is 194 Å². The number of aromatic nitrogens is 2. The van der Waals surface area contributed by atoms with E-state index in [0.29, 0.717) is 20.9 Å². The number of amides is 1. The van der Waals surface area contributed by atoms with Crippen molar-refractivity contribution in [3.05, 3.63) is 95.0 Å². The van der Waals surface area contributed by atoms with Gasteiger partial charge in [-0.15, -0.1) is 0 Å². The van der Waals surface area contributed by atoms with E-state index in [9.17, 15) is 4.79 Å². The lowest BCUT2D eigenvalue weighted by Gasteiger charge is -2.10. The van der Waals surface area contributed by atoms with Gasteiger partial charge in [-0.25, -0.2) is 9.97 Å². The third-order valence-electron chi connectivity index (χ3n) is 4.38. The van der Waals surface area contributed by atoms with Gasteiger partial charge in [0.05, 0.1) is 27.9 Å². The number of halogens is 2. The minimum Gasteiger partial charge on any atom is -0.324 e. The Morgan fingerprint density at radius 2 is 1.39 bits per heavy atom. The first-order valence-electron chi connectivity index (χ1n) is 9.46. The highest BCUT2D eigenvalue weighted by Crippen LogP contribution is 2.28. The second-order valence-electron chi connectivity index (χ2n) is 6.61. The first-order chi connectivity index (χ1) is 15.1. The van der Waals surface area contributed by atoms with E-state index in [0.717, 1.165) is 22.5 Å². The molecule has 0 radical (unpaired) electrons. The molecule has 1 N–H and O–H groups in total. The number of nitrogens with one attached hydrogen (secondary N) is 1. The Hall–Kier alpha value is -2.86. The number of thioether (sulfide) groups is 1. The molecule has 3 aromatic carbocycles. The molecule has 0 unspecified atom stereocenters. The molecule has 1 heterocycles. The van der Waals surface area contributed by atoms with Crippen molar-refractivity contribution in [2.75, 3.05) is 11.1 Å². The Balaban J connectivity index is 1.57. The largest absolute Gasteiger partial charge is 0.324 e. The van der Waals surface area contributed by atoms with Crippen molar-refractivity contribution in [2.24, 2.45) is 0 Å². The number of rotatable bonds is 6. The smallest absolute Gasteiger partial charge is 0.234 e. The van der Waals surface area contributed by atoms with Crippen LogP contribution in [0.3, 0.4) is 0 Å². The number of benzene rings is 3. The normalized spacial score (nSPS) is 10.6. The predicted molar refractivity (Wildman–Crippen MR) is 129 cm³/mol. The van der Waals surface area contributed by atoms with Crippen LogP contribution in [-0.4, -0.2) is 21.6 Å². The van der Waals surface area contributed by atoms with Crippen LogP contribution in [0.15, 0.2) is 90.1 Å². The maximum Gasteiger partial charge on any atom is 0.234 e. The Morgan fingerprint density at radius 3 is 1.97 bits per heavy atom. The Kier molecular flexibility index (Phi) is 6.87. The number of carbonyl (C=O) groups is 1. The molecular weight excluding hydrogens is 449 g/mol. The van der Waals surface area contributed by atoms with Crippen molar-refractivity contribution in [3.8, 4) is 22.5 Å². The lowest BCUT2D eigenvalue weighted by atomic mass is 10.1. The van der Waals surface area contributed by atoms with Gasteiger partial charge in [0.1, 0.15) is 0 Å². The summed E-state index contributed by atoms with van der Waals surface area (Å²) in [5.74, 6) is -0.0841. The van der Waals surface area contributed by atoms with Gasteiger partial charge in [0.2, 0.25) is 5.91 Å². The van der Waals surface area contributed by atoms with Gasteiger partial charge in [-0.1, -0.05) is 95.6 Å². The van der Waals surface area contributed by atoms with Crippen molar-refractivity contribution in [2.45, 2.75) is 5.16 Å². The van der Waals surface area contributed by atoms with Crippen molar-refractivity contribution >= 4 is 46.6 Å². The highest BCUT2D eigenvalue weighted by atomic mass is 35.5. The van der Waals surface area contributed by atoms with E-state index < -0.39 is 0 Å². The van der Waals surface area contributed by atoms with Gasteiger partial charge in [-0.2, -0.15) is 0 Å². The number of hydrogen-bond acceptors (Lipinski definition) is 4. The standard InChI is InChI=1S/C24H17Cl2N3OS/c25-18-11-12-19(26)22(13-18)27-23(30)15-31-24-28-20(16-7-3-1-4-8-16)14-21(29-24)17-9-5-2-6-10-17/h1-14H,15H2,(H,27,30). The molecule has 0 saturated heterocycles. The molecule has 0 saturated carbocycles. The fourth-order valence-corrected chi connectivity index (χ4v) is 3.91. The topological polar surface area (TPSA) is 54.9 Å². The van der Waals surface area contributed by atoms with Gasteiger partial charge in [0.25, 0.3) is 0 Å². The third kappa shape index (κ3) is 5.64. The summed E-state index contributed by atoms with van der Waals surface area (Å²) in [6.45, 7) is 0. The van der Waals surface area contributed by atoms with Crippen LogP contribution in [0.25, 0.3) is 22.5 Å². The van der Waals surface area contributed by atoms with E-state index in [1.807, 2.05) is 66.7 Å². The summed E-state index contributed by atoms with van der Waals surface area (Å²) in [4.78, 5) is 21.8. The van der Waals surface area contributed by atoms with Crippen LogP contribution in [0.1, 0.15) is 0 Å². The molecule has 0 aliphatic rings. The molecule has 154 valence electrons. The summed E-state index contributed by atoms with van der Waals surface area (Å²) in [6.07, 6.45) is 0. The second-order valence-corrected chi connectivity index (χ2v) is 8.40. The maximum atomic E-state index is 12.5. The molecule has 0 aliphatic heterocycles. The van der Waals surface area contributed by atoms with E-state index in [1.165, 1.54) is 11.8 Å². The Bertz CT molecular complexity index is 1150. The first-order valence-corrected chi connectivity index (χ1v) is 11.2. The zero-order chi connectivity index (χ0) is 21.6. The minimum atomic E-state index is -0.218. The molecule has 4 nitrogen and oxygen atoms in total. The molecule has 1 amide bonds. The minimum absolute atomic E-state index is 0.134. The van der Waals surface area contributed by atoms with Gasteiger partial charge in [-0.3, -0.25) is 4.79 Å². The monoisotopic (exact) mass is 465 g/mol. The van der Waals surface area contributed by atoms with Crippen LogP contribution in [0, 0.1) is 0 Å². The molecule has 1 aromatic heterocycles. The molecule has 4 rings (SSSR count). The van der Waals surface area contributed by atoms with Crippen molar-refractivity contribution in [3.63, 3.8) is 0 Å². The number of hydrogen-bond donors (Lipinski definition) is 1. The lowest BCUT2D eigenvalue weighted by Crippen LogP contribution is -2.14. The SMILES string of the molecule is O=C(CSc1nc(-c2ccccc2)cc(-c2ccccc2)n1)Nc1cc(Cl)ccc1Cl. The molecule has 0 atom stereocenters. The van der Waals surface area contributed by atoms with Gasteiger partial charge in [0, 0.05) is 16.1 Å². The first kappa shape index (κ1) is 21.4. The molecule has 0 spiro atoms. The van der Waals surface area contributed by atoms with E-state index in [-0.39, 0.29) is 11.7 Å². The fourth-order valence-electron chi connectivity index (χ4n) is 2.91. The molecule has 0 bridgehead atoms. The summed E-state index contributed by atoms with van der Waals surface area (Å²) in [7, 11) is 0. The molecule has 0 aliphatic carbocycles. The van der Waals surface area contributed by atoms with Crippen LogP contribution < -0.4 is 5.32 Å².